The molecule has 6 nitrogen and oxygen atoms in total. The van der Waals surface area contributed by atoms with Gasteiger partial charge in [-0.05, 0) is 18.3 Å². The van der Waals surface area contributed by atoms with Crippen molar-refractivity contribution in [2.75, 3.05) is 24.5 Å². The van der Waals surface area contributed by atoms with Gasteiger partial charge in [-0.15, -0.1) is 0 Å². The van der Waals surface area contributed by atoms with E-state index in [1.165, 1.54) is 17.7 Å². The zero-order chi connectivity index (χ0) is 17.8. The van der Waals surface area contributed by atoms with Crippen LogP contribution >= 0.6 is 11.3 Å². The van der Waals surface area contributed by atoms with Crippen molar-refractivity contribution < 1.29 is 9.90 Å². The molecule has 3 aliphatic rings. The van der Waals surface area contributed by atoms with Crippen LogP contribution in [0.4, 0.5) is 5.13 Å². The summed E-state index contributed by atoms with van der Waals surface area (Å²) >= 11 is 1.74. The van der Waals surface area contributed by atoms with Crippen LogP contribution in [-0.2, 0) is 17.8 Å². The molecule has 7 heteroatoms. The first kappa shape index (κ1) is 17.2. The highest BCUT2D eigenvalue weighted by Crippen LogP contribution is 2.38. The quantitative estimate of drug-likeness (QED) is 0.830. The number of aliphatic hydroxyl groups excluding tert-OH is 1. The number of aliphatic hydroxyl groups is 1. The maximum absolute atomic E-state index is 12.6. The number of piperazine rings is 1. The van der Waals surface area contributed by atoms with Gasteiger partial charge < -0.3 is 20.2 Å². The summed E-state index contributed by atoms with van der Waals surface area (Å²) < 4.78 is 0. The standard InChI is InChI=1S/C18H28N4O2S/c1-18(2,3)15(23)16(24)21-7-6-13-14(10-21)25-17(20-13)22-11-4-5-12(22)9-19-8-11/h11-12,15,19,23H,4-10H2,1-3H3/t11?,12?,15-/m0/s1. The van der Waals surface area contributed by atoms with Gasteiger partial charge in [0.05, 0.1) is 12.2 Å². The number of fused-ring (bicyclic) bond motifs is 3. The van der Waals surface area contributed by atoms with E-state index in [9.17, 15) is 9.90 Å². The fraction of sp³-hybridized carbons (Fsp3) is 0.778. The number of hydrogen-bond donors (Lipinski definition) is 2. The second-order valence-corrected chi connectivity index (χ2v) is 9.66. The van der Waals surface area contributed by atoms with Crippen molar-refractivity contribution in [3.8, 4) is 0 Å². The zero-order valence-corrected chi connectivity index (χ0v) is 16.1. The van der Waals surface area contributed by atoms with Crippen molar-refractivity contribution in [2.45, 2.75) is 64.8 Å². The number of anilines is 1. The topological polar surface area (TPSA) is 68.7 Å². The molecule has 0 radical (unpaired) electrons. The van der Waals surface area contributed by atoms with E-state index in [1.807, 2.05) is 20.8 Å². The number of aromatic nitrogens is 1. The predicted molar refractivity (Wildman–Crippen MR) is 98.9 cm³/mol. The average molecular weight is 365 g/mol. The number of nitrogens with zero attached hydrogens (tertiary/aromatic N) is 3. The van der Waals surface area contributed by atoms with Crippen LogP contribution in [0.1, 0.15) is 44.2 Å². The minimum absolute atomic E-state index is 0.157. The molecule has 1 amide bonds. The molecule has 1 aromatic rings. The van der Waals surface area contributed by atoms with E-state index in [4.69, 9.17) is 4.98 Å². The van der Waals surface area contributed by atoms with Gasteiger partial charge in [-0.3, -0.25) is 4.79 Å². The van der Waals surface area contributed by atoms with E-state index in [-0.39, 0.29) is 5.91 Å². The Balaban J connectivity index is 1.51. The average Bonchev–Trinajstić information content (AvgIpc) is 3.09. The first-order chi connectivity index (χ1) is 11.8. The molecule has 2 saturated heterocycles. The number of carbonyl (C=O) groups is 1. The molecular formula is C18H28N4O2S. The first-order valence-electron chi connectivity index (χ1n) is 9.29. The lowest BCUT2D eigenvalue weighted by Gasteiger charge is -2.35. The molecule has 25 heavy (non-hydrogen) atoms. The third-order valence-electron chi connectivity index (χ3n) is 5.69. The van der Waals surface area contributed by atoms with Crippen LogP contribution in [0.2, 0.25) is 0 Å². The maximum Gasteiger partial charge on any atom is 0.252 e. The van der Waals surface area contributed by atoms with Crippen molar-refractivity contribution in [1.82, 2.24) is 15.2 Å². The molecule has 4 heterocycles. The fourth-order valence-corrected chi connectivity index (χ4v) is 5.38. The number of amides is 1. The summed E-state index contributed by atoms with van der Waals surface area (Å²) in [5.74, 6) is -0.157. The summed E-state index contributed by atoms with van der Waals surface area (Å²) in [6.45, 7) is 9.02. The van der Waals surface area contributed by atoms with E-state index in [2.05, 4.69) is 10.2 Å². The summed E-state index contributed by atoms with van der Waals surface area (Å²) in [4.78, 5) is 23.0. The third-order valence-corrected chi connectivity index (χ3v) is 6.78. The largest absolute Gasteiger partial charge is 0.383 e. The lowest BCUT2D eigenvalue weighted by atomic mass is 9.88. The Bertz CT molecular complexity index is 653. The SMILES string of the molecule is CC(C)(C)[C@@H](O)C(=O)N1CCc2nc(N3C4CCC3CNC4)sc2C1. The van der Waals surface area contributed by atoms with Crippen LogP contribution in [0.3, 0.4) is 0 Å². The van der Waals surface area contributed by atoms with E-state index in [0.717, 1.165) is 30.3 Å². The minimum atomic E-state index is -0.953. The lowest BCUT2D eigenvalue weighted by molar-refractivity contribution is -0.146. The Hall–Kier alpha value is -1.18. The van der Waals surface area contributed by atoms with Gasteiger partial charge in [-0.2, -0.15) is 0 Å². The Kier molecular flexibility index (Phi) is 4.29. The number of hydrogen-bond acceptors (Lipinski definition) is 6. The fourth-order valence-electron chi connectivity index (χ4n) is 4.11. The Morgan fingerprint density at radius 2 is 2.00 bits per heavy atom. The highest BCUT2D eigenvalue weighted by molar-refractivity contribution is 7.15. The smallest absolute Gasteiger partial charge is 0.252 e. The van der Waals surface area contributed by atoms with Crippen LogP contribution < -0.4 is 10.2 Å². The molecule has 0 spiro atoms. The molecule has 2 unspecified atom stereocenters. The monoisotopic (exact) mass is 364 g/mol. The summed E-state index contributed by atoms with van der Waals surface area (Å²) in [5, 5.41) is 15.0. The maximum atomic E-state index is 12.6. The lowest BCUT2D eigenvalue weighted by Crippen LogP contribution is -2.51. The van der Waals surface area contributed by atoms with Crippen LogP contribution in [0.5, 0.6) is 0 Å². The molecule has 1 aromatic heterocycles. The molecule has 2 N–H and O–H groups in total. The molecule has 138 valence electrons. The minimum Gasteiger partial charge on any atom is -0.383 e. The molecule has 0 aliphatic carbocycles. The highest BCUT2D eigenvalue weighted by atomic mass is 32.1. The molecule has 2 fully saturated rings. The Morgan fingerprint density at radius 1 is 1.32 bits per heavy atom. The van der Waals surface area contributed by atoms with E-state index in [0.29, 0.717) is 25.2 Å². The van der Waals surface area contributed by atoms with Crippen molar-refractivity contribution in [1.29, 1.82) is 0 Å². The van der Waals surface area contributed by atoms with Gasteiger partial charge in [0.2, 0.25) is 0 Å². The van der Waals surface area contributed by atoms with Gasteiger partial charge in [-0.25, -0.2) is 4.98 Å². The molecule has 3 atom stereocenters. The highest BCUT2D eigenvalue weighted by Gasteiger charge is 2.39. The second kappa shape index (κ2) is 6.21. The summed E-state index contributed by atoms with van der Waals surface area (Å²) in [5.41, 5.74) is 0.711. The van der Waals surface area contributed by atoms with Gasteiger partial charge in [0, 0.05) is 43.0 Å². The van der Waals surface area contributed by atoms with Gasteiger partial charge in [-0.1, -0.05) is 32.1 Å². The second-order valence-electron chi connectivity index (χ2n) is 8.60. The molecule has 0 saturated carbocycles. The summed E-state index contributed by atoms with van der Waals surface area (Å²) in [6, 6.07) is 1.12. The van der Waals surface area contributed by atoms with Crippen molar-refractivity contribution in [3.63, 3.8) is 0 Å². The molecule has 4 rings (SSSR count). The normalized spacial score (nSPS) is 27.4. The molecular weight excluding hydrogens is 336 g/mol. The van der Waals surface area contributed by atoms with E-state index >= 15 is 0 Å². The van der Waals surface area contributed by atoms with Crippen LogP contribution in [0.15, 0.2) is 0 Å². The van der Waals surface area contributed by atoms with Gasteiger partial charge in [0.15, 0.2) is 5.13 Å². The van der Waals surface area contributed by atoms with Crippen molar-refractivity contribution in [2.24, 2.45) is 5.41 Å². The summed E-state index contributed by atoms with van der Waals surface area (Å²) in [7, 11) is 0. The van der Waals surface area contributed by atoms with Crippen LogP contribution in [0.25, 0.3) is 0 Å². The molecule has 3 aliphatic heterocycles. The predicted octanol–water partition coefficient (Wildman–Crippen LogP) is 1.38. The zero-order valence-electron chi connectivity index (χ0n) is 15.3. The van der Waals surface area contributed by atoms with Crippen molar-refractivity contribution in [3.05, 3.63) is 10.6 Å². The van der Waals surface area contributed by atoms with Gasteiger partial charge >= 0.3 is 0 Å². The van der Waals surface area contributed by atoms with E-state index in [1.54, 1.807) is 16.2 Å². The van der Waals surface area contributed by atoms with E-state index < -0.39 is 11.5 Å². The number of carbonyl (C=O) groups excluding carboxylic acids is 1. The molecule has 0 aromatic carbocycles. The van der Waals surface area contributed by atoms with Crippen LogP contribution in [-0.4, -0.2) is 58.7 Å². The first-order valence-corrected chi connectivity index (χ1v) is 10.1. The number of nitrogens with one attached hydrogen (secondary N) is 1. The Morgan fingerprint density at radius 3 is 2.64 bits per heavy atom. The summed E-state index contributed by atoms with van der Waals surface area (Å²) in [6.07, 6.45) is 2.32. The van der Waals surface area contributed by atoms with Gasteiger partial charge in [0.25, 0.3) is 5.91 Å². The number of thiazole rings is 1. The molecule has 2 bridgehead atoms. The number of rotatable bonds is 2. The van der Waals surface area contributed by atoms with Crippen molar-refractivity contribution >= 4 is 22.4 Å². The van der Waals surface area contributed by atoms with Crippen LogP contribution in [0, 0.1) is 5.41 Å². The third kappa shape index (κ3) is 3.06. The Labute approximate surface area is 153 Å². The van der Waals surface area contributed by atoms with Gasteiger partial charge in [0.1, 0.15) is 6.10 Å².